The number of nitrogens with zero attached hydrogens (tertiary/aromatic N) is 1. The number of rotatable bonds is 12. The van der Waals surface area contributed by atoms with Gasteiger partial charge >= 0.3 is 0 Å². The molecule has 6 heteroatoms. The number of carbonyl (C=O) groups excluding carboxylic acids is 1. The van der Waals surface area contributed by atoms with Gasteiger partial charge in [0, 0.05) is 36.4 Å². The van der Waals surface area contributed by atoms with Crippen LogP contribution in [0.5, 0.6) is 11.5 Å². The first-order chi connectivity index (χ1) is 17.0. The van der Waals surface area contributed by atoms with Crippen LogP contribution in [0.4, 0.5) is 0 Å². The van der Waals surface area contributed by atoms with Gasteiger partial charge in [-0.15, -0.1) is 0 Å². The van der Waals surface area contributed by atoms with Crippen LogP contribution in [0.25, 0.3) is 0 Å². The zero-order valence-electron chi connectivity index (χ0n) is 21.9. The van der Waals surface area contributed by atoms with E-state index in [1.165, 1.54) is 62.5 Å². The number of benzene rings is 1. The first-order valence-electron chi connectivity index (χ1n) is 13.9. The van der Waals surface area contributed by atoms with Crippen molar-refractivity contribution in [3.05, 3.63) is 21.7 Å². The monoisotopic (exact) mass is 549 g/mol. The number of hydrogen-bond acceptors (Lipinski definition) is 5. The lowest BCUT2D eigenvalue weighted by molar-refractivity contribution is -0.127. The molecule has 0 unspecified atom stereocenters. The van der Waals surface area contributed by atoms with Crippen molar-refractivity contribution in [2.45, 2.75) is 115 Å². The minimum Gasteiger partial charge on any atom is -0.495 e. The second-order valence-electron chi connectivity index (χ2n) is 11.1. The molecule has 1 N–H and O–H groups in total. The Balaban J connectivity index is 1.52. The Morgan fingerprint density at radius 3 is 2.49 bits per heavy atom. The second-order valence-corrected chi connectivity index (χ2v) is 11.9. The van der Waals surface area contributed by atoms with E-state index in [1.807, 2.05) is 0 Å². The predicted octanol–water partition coefficient (Wildman–Crippen LogP) is 6.55. The number of ketones is 1. The van der Waals surface area contributed by atoms with Crippen molar-refractivity contribution in [3.63, 3.8) is 0 Å². The molecule has 0 amide bonds. The van der Waals surface area contributed by atoms with E-state index in [0.717, 1.165) is 41.9 Å². The van der Waals surface area contributed by atoms with Gasteiger partial charge in [-0.1, -0.05) is 65.2 Å². The quantitative estimate of drug-likeness (QED) is 0.299. The van der Waals surface area contributed by atoms with Crippen LogP contribution in [0.15, 0.2) is 10.5 Å². The smallest absolute Gasteiger partial charge is 0.141 e. The largest absolute Gasteiger partial charge is 0.495 e. The minimum atomic E-state index is -0.242. The van der Waals surface area contributed by atoms with Gasteiger partial charge < -0.3 is 14.6 Å². The molecular weight excluding hydrogens is 506 g/mol. The Morgan fingerprint density at radius 2 is 1.83 bits per heavy atom. The zero-order chi connectivity index (χ0) is 25.0. The van der Waals surface area contributed by atoms with Gasteiger partial charge in [-0.2, -0.15) is 0 Å². The fourth-order valence-corrected chi connectivity index (χ4v) is 7.50. The molecule has 1 aliphatic carbocycles. The molecule has 0 saturated heterocycles. The van der Waals surface area contributed by atoms with E-state index >= 15 is 0 Å². The molecule has 35 heavy (non-hydrogen) atoms. The van der Waals surface area contributed by atoms with Crippen molar-refractivity contribution in [1.29, 1.82) is 0 Å². The van der Waals surface area contributed by atoms with Crippen LogP contribution >= 0.6 is 15.9 Å². The lowest BCUT2D eigenvalue weighted by atomic mass is 9.59. The molecule has 5 nitrogen and oxygen atoms in total. The van der Waals surface area contributed by atoms with E-state index < -0.39 is 0 Å². The highest BCUT2D eigenvalue weighted by Crippen LogP contribution is 2.60. The van der Waals surface area contributed by atoms with Crippen LogP contribution in [0.3, 0.4) is 0 Å². The standard InChI is InChI=1S/C29H44BrNO4/c1-4-5-6-7-8-9-10-11-12-13-31-18-21-15-24(34-3)27(30)28-26(21)29(17-22(31)19-32)20(2)14-23(33)16-25(29)35-28/h15,20,22,25,32H,4-14,16-19H2,1-3H3/t20-,22+,25-,29+/m1/s1. The molecule has 2 aliphatic heterocycles. The summed E-state index contributed by atoms with van der Waals surface area (Å²) in [6.07, 6.45) is 13.5. The summed E-state index contributed by atoms with van der Waals surface area (Å²) in [6, 6.07) is 2.22. The van der Waals surface area contributed by atoms with Gasteiger partial charge in [0.25, 0.3) is 0 Å². The van der Waals surface area contributed by atoms with E-state index in [9.17, 15) is 9.90 Å². The van der Waals surface area contributed by atoms with E-state index in [4.69, 9.17) is 9.47 Å². The average molecular weight is 551 g/mol. The van der Waals surface area contributed by atoms with Crippen molar-refractivity contribution >= 4 is 21.7 Å². The molecule has 0 bridgehead atoms. The molecule has 1 aromatic rings. The van der Waals surface area contributed by atoms with Crippen LogP contribution in [0.1, 0.15) is 102 Å². The van der Waals surface area contributed by atoms with Crippen LogP contribution in [0.2, 0.25) is 0 Å². The lowest BCUT2D eigenvalue weighted by Crippen LogP contribution is -2.52. The highest BCUT2D eigenvalue weighted by atomic mass is 79.9. The highest BCUT2D eigenvalue weighted by molar-refractivity contribution is 9.10. The normalized spacial score (nSPS) is 27.8. The third-order valence-corrected chi connectivity index (χ3v) is 9.59. The molecule has 4 atom stereocenters. The molecular formula is C29H44BrNO4. The maximum absolute atomic E-state index is 12.6. The topological polar surface area (TPSA) is 59.0 Å². The summed E-state index contributed by atoms with van der Waals surface area (Å²) in [6.45, 7) is 6.38. The Labute approximate surface area is 220 Å². The summed E-state index contributed by atoms with van der Waals surface area (Å²) in [7, 11) is 1.69. The molecule has 2 heterocycles. The maximum Gasteiger partial charge on any atom is 0.141 e. The van der Waals surface area contributed by atoms with Crippen molar-refractivity contribution < 1.29 is 19.4 Å². The number of methoxy groups -OCH3 is 1. The Hall–Kier alpha value is -1.11. The minimum absolute atomic E-state index is 0.0638. The van der Waals surface area contributed by atoms with Crippen molar-refractivity contribution in [2.24, 2.45) is 5.92 Å². The molecule has 196 valence electrons. The summed E-state index contributed by atoms with van der Waals surface area (Å²) in [5.41, 5.74) is 2.24. The van der Waals surface area contributed by atoms with E-state index in [2.05, 4.69) is 40.7 Å². The molecule has 3 aliphatic rings. The summed E-state index contributed by atoms with van der Waals surface area (Å²) < 4.78 is 13.1. The van der Waals surface area contributed by atoms with E-state index in [1.54, 1.807) is 7.11 Å². The highest BCUT2D eigenvalue weighted by Gasteiger charge is 2.59. The molecule has 4 rings (SSSR count). The summed E-state index contributed by atoms with van der Waals surface area (Å²) in [5.74, 6) is 2.09. The lowest BCUT2D eigenvalue weighted by Gasteiger charge is -2.44. The van der Waals surface area contributed by atoms with Gasteiger partial charge in [-0.25, -0.2) is 0 Å². The second kappa shape index (κ2) is 12.0. The third kappa shape index (κ3) is 5.31. The Bertz CT molecular complexity index is 890. The van der Waals surface area contributed by atoms with Gasteiger partial charge in [0.2, 0.25) is 0 Å². The number of aliphatic hydroxyl groups excluding tert-OH is 1. The number of carbonyl (C=O) groups is 1. The summed E-state index contributed by atoms with van der Waals surface area (Å²) in [5, 5.41) is 10.5. The maximum atomic E-state index is 12.6. The zero-order valence-corrected chi connectivity index (χ0v) is 23.5. The van der Waals surface area contributed by atoms with E-state index in [-0.39, 0.29) is 35.9 Å². The molecule has 0 radical (unpaired) electrons. The van der Waals surface area contributed by atoms with Crippen molar-refractivity contribution in [1.82, 2.24) is 4.90 Å². The van der Waals surface area contributed by atoms with Crippen LogP contribution < -0.4 is 9.47 Å². The molecule has 1 saturated carbocycles. The third-order valence-electron chi connectivity index (χ3n) is 8.84. The van der Waals surface area contributed by atoms with Gasteiger partial charge in [-0.3, -0.25) is 9.69 Å². The number of halogens is 1. The Kier molecular flexibility index (Phi) is 9.20. The van der Waals surface area contributed by atoms with E-state index in [0.29, 0.717) is 12.8 Å². The summed E-state index contributed by atoms with van der Waals surface area (Å²) in [4.78, 5) is 15.0. The first kappa shape index (κ1) is 26.9. The molecule has 0 aromatic heterocycles. The van der Waals surface area contributed by atoms with Crippen LogP contribution in [0, 0.1) is 5.92 Å². The average Bonchev–Trinajstić information content (AvgIpc) is 3.10. The SMILES string of the molecule is CCCCCCCCCCCN1Cc2cc(OC)c(Br)c3c2[C@@]2(C[C@H]1CO)[C@H](C)CC(=O)C[C@H]2O3. The number of hydrogen-bond donors (Lipinski definition) is 1. The van der Waals surface area contributed by atoms with Gasteiger partial charge in [0.15, 0.2) is 0 Å². The fraction of sp³-hybridized carbons (Fsp3) is 0.759. The molecule has 1 fully saturated rings. The predicted molar refractivity (Wildman–Crippen MR) is 143 cm³/mol. The van der Waals surface area contributed by atoms with Crippen LogP contribution in [-0.4, -0.2) is 48.2 Å². The number of unbranched alkanes of at least 4 members (excludes halogenated alkanes) is 8. The molecule has 1 spiro atoms. The van der Waals surface area contributed by atoms with Crippen molar-refractivity contribution in [3.8, 4) is 11.5 Å². The summed E-state index contributed by atoms with van der Waals surface area (Å²) >= 11 is 3.73. The first-order valence-corrected chi connectivity index (χ1v) is 14.7. The van der Waals surface area contributed by atoms with Gasteiger partial charge in [0.05, 0.1) is 13.7 Å². The Morgan fingerprint density at radius 1 is 1.14 bits per heavy atom. The number of ether oxygens (including phenoxy) is 2. The van der Waals surface area contributed by atoms with Gasteiger partial charge in [0.1, 0.15) is 27.9 Å². The molecule has 1 aromatic carbocycles. The van der Waals surface area contributed by atoms with Crippen molar-refractivity contribution in [2.75, 3.05) is 20.3 Å². The fourth-order valence-electron chi connectivity index (χ4n) is 6.93. The number of aliphatic hydroxyl groups is 1. The van der Waals surface area contributed by atoms with Crippen LogP contribution in [-0.2, 0) is 16.8 Å². The van der Waals surface area contributed by atoms with Gasteiger partial charge in [-0.05, 0) is 52.9 Å². The number of Topliss-reactive ketones (excluding diaryl/α,β-unsaturated/α-hetero) is 1.